The van der Waals surface area contributed by atoms with Gasteiger partial charge in [0.15, 0.2) is 6.61 Å². The van der Waals surface area contributed by atoms with Crippen molar-refractivity contribution in [1.29, 1.82) is 0 Å². The van der Waals surface area contributed by atoms with Crippen molar-refractivity contribution in [3.05, 3.63) is 53.6 Å². The van der Waals surface area contributed by atoms with Crippen LogP contribution in [0.15, 0.2) is 42.5 Å². The van der Waals surface area contributed by atoms with E-state index < -0.39 is 0 Å². The lowest BCUT2D eigenvalue weighted by molar-refractivity contribution is -0.118. The zero-order chi connectivity index (χ0) is 18.6. The fourth-order valence-electron chi connectivity index (χ4n) is 3.88. The van der Waals surface area contributed by atoms with E-state index in [2.05, 4.69) is 40.4 Å². The fraction of sp³-hybridized carbons (Fsp3) is 0.409. The van der Waals surface area contributed by atoms with Crippen LogP contribution in [0.3, 0.4) is 0 Å². The fourth-order valence-corrected chi connectivity index (χ4v) is 3.88. The molecule has 0 radical (unpaired) electrons. The summed E-state index contributed by atoms with van der Waals surface area (Å²) in [6.45, 7) is 4.02. The number of likely N-dealkylation sites (N-methyl/N-ethyl adjacent to an activating group) is 1. The summed E-state index contributed by atoms with van der Waals surface area (Å²) in [6.07, 6.45) is 3.47. The molecule has 2 aromatic carbocycles. The van der Waals surface area contributed by atoms with Gasteiger partial charge in [-0.15, -0.1) is 0 Å². The van der Waals surface area contributed by atoms with Crippen molar-refractivity contribution in [3.63, 3.8) is 0 Å². The number of rotatable bonds is 5. The molecule has 1 N–H and O–H groups in total. The van der Waals surface area contributed by atoms with Gasteiger partial charge in [-0.25, -0.2) is 0 Å². The molecule has 0 aromatic heterocycles. The van der Waals surface area contributed by atoms with Crippen molar-refractivity contribution in [3.8, 4) is 5.75 Å². The van der Waals surface area contributed by atoms with Crippen LogP contribution in [0.5, 0.6) is 5.75 Å². The van der Waals surface area contributed by atoms with Gasteiger partial charge in [-0.2, -0.15) is 0 Å². The topological polar surface area (TPSA) is 44.8 Å². The van der Waals surface area contributed by atoms with Crippen molar-refractivity contribution in [1.82, 2.24) is 4.90 Å². The normalized spacial score (nSPS) is 16.9. The first kappa shape index (κ1) is 17.9. The van der Waals surface area contributed by atoms with Gasteiger partial charge in [0.25, 0.3) is 5.91 Å². The molecule has 0 bridgehead atoms. The Morgan fingerprint density at radius 2 is 1.81 bits per heavy atom. The van der Waals surface area contributed by atoms with Crippen molar-refractivity contribution >= 4 is 17.3 Å². The highest BCUT2D eigenvalue weighted by atomic mass is 16.5. The van der Waals surface area contributed by atoms with Crippen molar-refractivity contribution in [2.24, 2.45) is 0 Å². The van der Waals surface area contributed by atoms with Crippen LogP contribution in [0.1, 0.15) is 17.5 Å². The Kier molecular flexibility index (Phi) is 5.30. The number of hydrogen-bond donors (Lipinski definition) is 1. The number of aryl methyl sites for hydroxylation is 2. The third-order valence-corrected chi connectivity index (χ3v) is 5.46. The van der Waals surface area contributed by atoms with E-state index in [-0.39, 0.29) is 12.5 Å². The summed E-state index contributed by atoms with van der Waals surface area (Å²) >= 11 is 0. The van der Waals surface area contributed by atoms with E-state index in [9.17, 15) is 4.79 Å². The quantitative estimate of drug-likeness (QED) is 0.885. The average molecular weight is 365 g/mol. The average Bonchev–Trinajstić information content (AvgIpc) is 3.15. The Morgan fingerprint density at radius 1 is 1.04 bits per heavy atom. The highest BCUT2D eigenvalue weighted by Gasteiger charge is 2.18. The van der Waals surface area contributed by atoms with E-state index in [0.717, 1.165) is 56.1 Å². The first-order valence-electron chi connectivity index (χ1n) is 9.76. The molecule has 27 heavy (non-hydrogen) atoms. The molecular weight excluding hydrogens is 338 g/mol. The van der Waals surface area contributed by atoms with E-state index in [1.807, 2.05) is 24.3 Å². The molecule has 1 aliphatic carbocycles. The first-order chi connectivity index (χ1) is 13.2. The largest absolute Gasteiger partial charge is 0.484 e. The highest BCUT2D eigenvalue weighted by molar-refractivity contribution is 5.95. The molecule has 1 fully saturated rings. The molecule has 5 nitrogen and oxygen atoms in total. The van der Waals surface area contributed by atoms with Crippen molar-refractivity contribution in [2.45, 2.75) is 19.3 Å². The number of benzene rings is 2. The molecule has 2 aliphatic rings. The number of piperazine rings is 1. The Morgan fingerprint density at radius 3 is 2.67 bits per heavy atom. The molecule has 1 saturated heterocycles. The van der Waals surface area contributed by atoms with Crippen molar-refractivity contribution in [2.75, 3.05) is 50.1 Å². The van der Waals surface area contributed by atoms with Gasteiger partial charge in [0.2, 0.25) is 0 Å². The maximum Gasteiger partial charge on any atom is 0.262 e. The van der Waals surface area contributed by atoms with Gasteiger partial charge >= 0.3 is 0 Å². The number of carbonyl (C=O) groups excluding carboxylic acids is 1. The summed E-state index contributed by atoms with van der Waals surface area (Å²) in [5.74, 6) is 0.648. The van der Waals surface area contributed by atoms with Gasteiger partial charge in [-0.05, 0) is 61.7 Å². The van der Waals surface area contributed by atoms with Gasteiger partial charge in [0, 0.05) is 26.2 Å². The molecule has 1 heterocycles. The molecule has 4 rings (SSSR count). The Balaban J connectivity index is 1.37. The van der Waals surface area contributed by atoms with Crippen LogP contribution < -0.4 is 15.0 Å². The number of amides is 1. The smallest absolute Gasteiger partial charge is 0.262 e. The summed E-state index contributed by atoms with van der Waals surface area (Å²) in [6, 6.07) is 14.2. The second kappa shape index (κ2) is 8.01. The lowest BCUT2D eigenvalue weighted by Gasteiger charge is -2.35. The minimum atomic E-state index is -0.128. The molecule has 0 atom stereocenters. The second-order valence-corrected chi connectivity index (χ2v) is 7.43. The van der Waals surface area contributed by atoms with Crippen LogP contribution in [0.2, 0.25) is 0 Å². The molecule has 2 aromatic rings. The van der Waals surface area contributed by atoms with E-state index in [1.165, 1.54) is 17.5 Å². The molecule has 0 saturated carbocycles. The number of nitrogens with one attached hydrogen (secondary N) is 1. The van der Waals surface area contributed by atoms with Crippen LogP contribution in [-0.2, 0) is 17.6 Å². The summed E-state index contributed by atoms with van der Waals surface area (Å²) in [4.78, 5) is 17.1. The monoisotopic (exact) mass is 365 g/mol. The predicted molar refractivity (Wildman–Crippen MR) is 109 cm³/mol. The molecule has 1 amide bonds. The summed E-state index contributed by atoms with van der Waals surface area (Å²) in [5, 5.41) is 3.02. The number of para-hydroxylation sites is 2. The van der Waals surface area contributed by atoms with Gasteiger partial charge in [0.1, 0.15) is 5.75 Å². The molecule has 1 aliphatic heterocycles. The second-order valence-electron chi connectivity index (χ2n) is 7.43. The number of hydrogen-bond acceptors (Lipinski definition) is 4. The van der Waals surface area contributed by atoms with Crippen LogP contribution >= 0.6 is 0 Å². The Bertz CT molecular complexity index is 813. The van der Waals surface area contributed by atoms with Crippen LogP contribution in [0, 0.1) is 0 Å². The zero-order valence-corrected chi connectivity index (χ0v) is 15.9. The Labute approximate surface area is 160 Å². The molecule has 0 spiro atoms. The lowest BCUT2D eigenvalue weighted by atomic mass is 10.1. The number of anilines is 2. The van der Waals surface area contributed by atoms with E-state index in [1.54, 1.807) is 0 Å². The lowest BCUT2D eigenvalue weighted by Crippen LogP contribution is -2.44. The third-order valence-electron chi connectivity index (χ3n) is 5.46. The van der Waals surface area contributed by atoms with Crippen LogP contribution in [-0.4, -0.2) is 50.6 Å². The highest BCUT2D eigenvalue weighted by Crippen LogP contribution is 2.27. The number of carbonyl (C=O) groups is 1. The van der Waals surface area contributed by atoms with Gasteiger partial charge in [-0.3, -0.25) is 4.79 Å². The molecular formula is C22H27N3O2. The van der Waals surface area contributed by atoms with Gasteiger partial charge < -0.3 is 19.9 Å². The summed E-state index contributed by atoms with van der Waals surface area (Å²) in [7, 11) is 2.14. The van der Waals surface area contributed by atoms with Crippen LogP contribution in [0.25, 0.3) is 0 Å². The molecule has 5 heteroatoms. The zero-order valence-electron chi connectivity index (χ0n) is 15.9. The maximum atomic E-state index is 12.4. The molecule has 142 valence electrons. The number of fused-ring (bicyclic) bond motifs is 1. The number of ether oxygens (including phenoxy) is 1. The van der Waals surface area contributed by atoms with Crippen molar-refractivity contribution < 1.29 is 9.53 Å². The van der Waals surface area contributed by atoms with E-state index >= 15 is 0 Å². The SMILES string of the molecule is CN1CCN(c2ccccc2NC(=O)COc2ccc3c(c2)CCC3)CC1. The van der Waals surface area contributed by atoms with E-state index in [0.29, 0.717) is 0 Å². The van der Waals surface area contributed by atoms with Gasteiger partial charge in [0.05, 0.1) is 11.4 Å². The van der Waals surface area contributed by atoms with Gasteiger partial charge in [-0.1, -0.05) is 18.2 Å². The standard InChI is InChI=1S/C22H27N3O2/c1-24-11-13-25(14-12-24)21-8-3-2-7-20(21)23-22(26)16-27-19-10-9-17-5-4-6-18(17)15-19/h2-3,7-10,15H,4-6,11-14,16H2,1H3,(H,23,26). The summed E-state index contributed by atoms with van der Waals surface area (Å²) in [5.41, 5.74) is 4.70. The summed E-state index contributed by atoms with van der Waals surface area (Å²) < 4.78 is 5.73. The minimum Gasteiger partial charge on any atom is -0.484 e. The number of nitrogens with zero attached hydrogens (tertiary/aromatic N) is 2. The van der Waals surface area contributed by atoms with Crippen LogP contribution in [0.4, 0.5) is 11.4 Å². The predicted octanol–water partition coefficient (Wildman–Crippen LogP) is 2.94. The maximum absolute atomic E-state index is 12.4. The molecule has 0 unspecified atom stereocenters. The third kappa shape index (κ3) is 4.25. The minimum absolute atomic E-state index is 0.0237. The van der Waals surface area contributed by atoms with E-state index in [4.69, 9.17) is 4.74 Å². The Hall–Kier alpha value is -2.53. The first-order valence-corrected chi connectivity index (χ1v) is 9.76.